The van der Waals surface area contributed by atoms with Crippen molar-refractivity contribution in [3.8, 4) is 11.5 Å². The van der Waals surface area contributed by atoms with Crippen LogP contribution in [0.2, 0.25) is 0 Å². The minimum absolute atomic E-state index is 0.0418. The summed E-state index contributed by atoms with van der Waals surface area (Å²) in [7, 11) is 1.45. The number of imide groups is 2. The summed E-state index contributed by atoms with van der Waals surface area (Å²) in [5.74, 6) is -4.49. The van der Waals surface area contributed by atoms with Crippen LogP contribution in [-0.2, 0) is 19.2 Å². The highest BCUT2D eigenvalue weighted by molar-refractivity contribution is 9.10. The number of phenols is 1. The van der Waals surface area contributed by atoms with Crippen molar-refractivity contribution in [2.45, 2.75) is 18.8 Å². The quantitative estimate of drug-likeness (QED) is 0.265. The summed E-state index contributed by atoms with van der Waals surface area (Å²) in [6, 6.07) is 19.0. The Hall–Kier alpha value is -3.76. The summed E-state index contributed by atoms with van der Waals surface area (Å²) >= 11 is 6.82. The van der Waals surface area contributed by atoms with Crippen LogP contribution in [0.1, 0.15) is 24.3 Å². The summed E-state index contributed by atoms with van der Waals surface area (Å²) < 4.78 is 7.06. The smallest absolute Gasteiger partial charge is 0.238 e. The zero-order valence-corrected chi connectivity index (χ0v) is 26.1. The molecule has 4 aliphatic rings. The molecule has 1 N–H and O–H groups in total. The minimum Gasteiger partial charge on any atom is -0.504 e. The number of ether oxygens (including phenoxy) is 1. The highest BCUT2D eigenvalue weighted by atomic mass is 79.9. The van der Waals surface area contributed by atoms with E-state index in [1.165, 1.54) is 23.0 Å². The lowest BCUT2D eigenvalue weighted by molar-refractivity contribution is -0.126. The van der Waals surface area contributed by atoms with E-state index in [9.17, 15) is 24.3 Å². The van der Waals surface area contributed by atoms with E-state index in [-0.39, 0.29) is 41.5 Å². The molecule has 2 heterocycles. The second kappa shape index (κ2) is 10.4. The maximum atomic E-state index is 14.2. The molecule has 43 heavy (non-hydrogen) atoms. The second-order valence-corrected chi connectivity index (χ2v) is 13.3. The monoisotopic (exact) mass is 704 g/mol. The predicted molar refractivity (Wildman–Crippen MR) is 165 cm³/mol. The van der Waals surface area contributed by atoms with E-state index in [1.807, 2.05) is 6.08 Å². The fourth-order valence-corrected chi connectivity index (χ4v) is 8.07. The predicted octanol–water partition coefficient (Wildman–Crippen LogP) is 5.97. The first-order chi connectivity index (χ1) is 20.7. The first-order valence-electron chi connectivity index (χ1n) is 14.0. The van der Waals surface area contributed by atoms with Gasteiger partial charge in [-0.15, -0.1) is 0 Å². The molecule has 3 aromatic carbocycles. The number of hydrogen-bond donors (Lipinski definition) is 1. The van der Waals surface area contributed by atoms with Gasteiger partial charge in [-0.25, -0.2) is 0 Å². The average Bonchev–Trinajstić information content (AvgIpc) is 3.41. The SMILES string of the molecule is COc1cc(C2C3=CCC4C(=O)N(c5ccc(Br)cc5)C(=O)C4C3CC3C(=O)N(c4ccc(Br)cc4)C(=O)C32)ccc1O. The van der Waals surface area contributed by atoms with Crippen molar-refractivity contribution in [2.75, 3.05) is 16.9 Å². The zero-order valence-electron chi connectivity index (χ0n) is 22.9. The van der Waals surface area contributed by atoms with Crippen molar-refractivity contribution in [1.29, 1.82) is 0 Å². The summed E-state index contributed by atoms with van der Waals surface area (Å²) in [5.41, 5.74) is 2.58. The van der Waals surface area contributed by atoms with Crippen LogP contribution < -0.4 is 14.5 Å². The van der Waals surface area contributed by atoms with E-state index in [0.29, 0.717) is 23.4 Å². The molecule has 0 aromatic heterocycles. The van der Waals surface area contributed by atoms with Gasteiger partial charge in [0.2, 0.25) is 23.6 Å². The van der Waals surface area contributed by atoms with E-state index in [2.05, 4.69) is 31.9 Å². The highest BCUT2D eigenvalue weighted by Crippen LogP contribution is 2.58. The Bertz CT molecular complexity index is 1720. The molecule has 2 aliphatic heterocycles. The molecule has 6 unspecified atom stereocenters. The van der Waals surface area contributed by atoms with Crippen LogP contribution >= 0.6 is 31.9 Å². The third-order valence-corrected chi connectivity index (χ3v) is 10.4. The fraction of sp³-hybridized carbons (Fsp3) is 0.273. The average molecular weight is 706 g/mol. The Labute approximate surface area is 264 Å². The van der Waals surface area contributed by atoms with Crippen molar-refractivity contribution >= 4 is 66.9 Å². The number of halogens is 2. The van der Waals surface area contributed by atoms with Gasteiger partial charge in [0.25, 0.3) is 0 Å². The second-order valence-electron chi connectivity index (χ2n) is 11.4. The molecule has 8 nitrogen and oxygen atoms in total. The van der Waals surface area contributed by atoms with E-state index in [4.69, 9.17) is 4.74 Å². The van der Waals surface area contributed by atoms with Crippen LogP contribution in [0, 0.1) is 29.6 Å². The van der Waals surface area contributed by atoms with E-state index < -0.39 is 35.5 Å². The van der Waals surface area contributed by atoms with E-state index >= 15 is 0 Å². The number of fused-ring (bicyclic) bond motifs is 4. The normalized spacial score (nSPS) is 28.0. The Balaban J connectivity index is 1.34. The van der Waals surface area contributed by atoms with Crippen molar-refractivity contribution in [3.05, 3.63) is 92.9 Å². The number of allylic oxidation sites excluding steroid dienone is 2. The zero-order chi connectivity index (χ0) is 30.2. The van der Waals surface area contributed by atoms with Gasteiger partial charge < -0.3 is 9.84 Å². The Morgan fingerprint density at radius 2 is 1.28 bits per heavy atom. The third kappa shape index (κ3) is 4.29. The molecular weight excluding hydrogens is 680 g/mol. The molecule has 0 radical (unpaired) electrons. The molecule has 4 amide bonds. The third-order valence-electron chi connectivity index (χ3n) is 9.38. The molecule has 2 saturated heterocycles. The van der Waals surface area contributed by atoms with Crippen LogP contribution in [0.5, 0.6) is 11.5 Å². The van der Waals surface area contributed by atoms with Gasteiger partial charge in [0.15, 0.2) is 11.5 Å². The van der Waals surface area contributed by atoms with Gasteiger partial charge in [-0.1, -0.05) is 49.6 Å². The first kappa shape index (κ1) is 28.0. The summed E-state index contributed by atoms with van der Waals surface area (Å²) in [4.78, 5) is 58.5. The van der Waals surface area contributed by atoms with E-state index in [1.54, 1.807) is 60.7 Å². The molecule has 0 bridgehead atoms. The molecule has 218 valence electrons. The van der Waals surface area contributed by atoms with Crippen LogP contribution in [0.25, 0.3) is 0 Å². The van der Waals surface area contributed by atoms with Crippen LogP contribution in [0.3, 0.4) is 0 Å². The largest absolute Gasteiger partial charge is 0.504 e. The van der Waals surface area contributed by atoms with Gasteiger partial charge in [0, 0.05) is 14.9 Å². The molecule has 3 aromatic rings. The van der Waals surface area contributed by atoms with Crippen molar-refractivity contribution in [3.63, 3.8) is 0 Å². The van der Waals surface area contributed by atoms with Crippen molar-refractivity contribution in [1.82, 2.24) is 0 Å². The maximum Gasteiger partial charge on any atom is 0.238 e. The van der Waals surface area contributed by atoms with E-state index in [0.717, 1.165) is 14.5 Å². The number of carbonyl (C=O) groups is 4. The Morgan fingerprint density at radius 1 is 0.721 bits per heavy atom. The number of rotatable bonds is 4. The Morgan fingerprint density at radius 3 is 1.86 bits per heavy atom. The molecule has 2 aliphatic carbocycles. The molecule has 10 heteroatoms. The highest BCUT2D eigenvalue weighted by Gasteiger charge is 2.62. The van der Waals surface area contributed by atoms with Crippen LogP contribution in [0.15, 0.2) is 87.3 Å². The number of phenolic OH excluding ortho intramolecular Hbond substituents is 1. The first-order valence-corrected chi connectivity index (χ1v) is 15.6. The van der Waals surface area contributed by atoms with Gasteiger partial charge in [0.1, 0.15) is 0 Å². The molecule has 3 fully saturated rings. The van der Waals surface area contributed by atoms with Crippen molar-refractivity contribution < 1.29 is 29.0 Å². The standard InChI is InChI=1S/C33H26Br2N2O6/c1-43-26-14-16(2-13-25(26)38)27-21-11-12-22-28(32(41)36(30(22)39)19-7-3-17(34)4-8-19)23(21)15-24-29(27)33(42)37(31(24)40)20-9-5-18(35)6-10-20/h2-11,13-14,22-24,27-29,38H,12,15H2,1H3. The summed E-state index contributed by atoms with van der Waals surface area (Å²) in [5, 5.41) is 10.3. The molecule has 7 rings (SSSR count). The van der Waals surface area contributed by atoms with Gasteiger partial charge >= 0.3 is 0 Å². The number of methoxy groups -OCH3 is 1. The topological polar surface area (TPSA) is 104 Å². The lowest BCUT2D eigenvalue weighted by atomic mass is 9.57. The number of carbonyl (C=O) groups excluding carboxylic acids is 4. The van der Waals surface area contributed by atoms with Crippen LogP contribution in [0.4, 0.5) is 11.4 Å². The number of anilines is 2. The van der Waals surface area contributed by atoms with Gasteiger partial charge in [-0.05, 0) is 85.0 Å². The number of amides is 4. The molecule has 0 spiro atoms. The number of aromatic hydroxyl groups is 1. The number of nitrogens with zero attached hydrogens (tertiary/aromatic N) is 2. The molecular formula is C33H26Br2N2O6. The summed E-state index contributed by atoms with van der Waals surface area (Å²) in [6.45, 7) is 0. The Kier molecular flexibility index (Phi) is 6.81. The van der Waals surface area contributed by atoms with Gasteiger partial charge in [-0.2, -0.15) is 0 Å². The number of benzene rings is 3. The van der Waals surface area contributed by atoms with Crippen molar-refractivity contribution in [2.24, 2.45) is 29.6 Å². The number of hydrogen-bond acceptors (Lipinski definition) is 6. The minimum atomic E-state index is -0.709. The van der Waals surface area contributed by atoms with Crippen LogP contribution in [-0.4, -0.2) is 35.8 Å². The molecule has 6 atom stereocenters. The van der Waals surface area contributed by atoms with Gasteiger partial charge in [-0.3, -0.25) is 29.0 Å². The van der Waals surface area contributed by atoms with Gasteiger partial charge in [0.05, 0.1) is 42.2 Å². The lowest BCUT2D eigenvalue weighted by Gasteiger charge is -2.44. The lowest BCUT2D eigenvalue weighted by Crippen LogP contribution is -2.43. The maximum absolute atomic E-state index is 14.2. The fourth-order valence-electron chi connectivity index (χ4n) is 7.54. The molecule has 1 saturated carbocycles. The summed E-state index contributed by atoms with van der Waals surface area (Å²) in [6.07, 6.45) is 2.65.